The summed E-state index contributed by atoms with van der Waals surface area (Å²) in [5.74, 6) is -0.559. The molecular formula is C9H20NO4P. The van der Waals surface area contributed by atoms with Gasteiger partial charge in [-0.3, -0.25) is 9.36 Å². The smallest absolute Gasteiger partial charge is 0.340 e. The van der Waals surface area contributed by atoms with Gasteiger partial charge >= 0.3 is 7.60 Å². The Morgan fingerprint density at radius 1 is 1.33 bits per heavy atom. The standard InChI is InChI=1S/C9H20NO4P/c1-5-9(6-2,15(12,13)14)8(11)10-7(3)4/h7H,5-6H2,1-4H3,(H,10,11)(H2,12,13,14). The van der Waals surface area contributed by atoms with E-state index in [1.54, 1.807) is 27.7 Å². The fourth-order valence-electron chi connectivity index (χ4n) is 1.51. The van der Waals surface area contributed by atoms with Crippen LogP contribution in [0.4, 0.5) is 0 Å². The first-order valence-electron chi connectivity index (χ1n) is 5.08. The Kier molecular flexibility index (Phi) is 4.97. The monoisotopic (exact) mass is 237 g/mol. The molecule has 0 bridgehead atoms. The van der Waals surface area contributed by atoms with E-state index in [0.29, 0.717) is 0 Å². The van der Waals surface area contributed by atoms with Crippen molar-refractivity contribution >= 4 is 13.5 Å². The van der Waals surface area contributed by atoms with Crippen LogP contribution in [0, 0.1) is 0 Å². The van der Waals surface area contributed by atoms with Gasteiger partial charge in [0.1, 0.15) is 5.16 Å². The fourth-order valence-corrected chi connectivity index (χ4v) is 2.66. The highest BCUT2D eigenvalue weighted by Crippen LogP contribution is 2.54. The molecule has 0 rings (SSSR count). The fraction of sp³-hybridized carbons (Fsp3) is 0.889. The van der Waals surface area contributed by atoms with Crippen molar-refractivity contribution in [2.45, 2.75) is 51.7 Å². The summed E-state index contributed by atoms with van der Waals surface area (Å²) in [6, 6.07) is -0.124. The molecule has 0 saturated heterocycles. The molecule has 15 heavy (non-hydrogen) atoms. The van der Waals surface area contributed by atoms with E-state index >= 15 is 0 Å². The second-order valence-corrected chi connectivity index (χ2v) is 5.86. The maximum atomic E-state index is 11.8. The Balaban J connectivity index is 5.12. The maximum absolute atomic E-state index is 11.8. The minimum atomic E-state index is -4.43. The van der Waals surface area contributed by atoms with Gasteiger partial charge in [0.25, 0.3) is 0 Å². The normalized spacial score (nSPS) is 13.0. The molecule has 6 heteroatoms. The van der Waals surface area contributed by atoms with E-state index in [2.05, 4.69) is 5.32 Å². The van der Waals surface area contributed by atoms with Gasteiger partial charge in [0.15, 0.2) is 0 Å². The molecule has 0 saturated carbocycles. The van der Waals surface area contributed by atoms with Gasteiger partial charge < -0.3 is 15.1 Å². The average Bonchev–Trinajstić information content (AvgIpc) is 2.02. The van der Waals surface area contributed by atoms with Crippen molar-refractivity contribution in [3.63, 3.8) is 0 Å². The quantitative estimate of drug-likeness (QED) is 0.628. The van der Waals surface area contributed by atoms with Crippen LogP contribution in [0.25, 0.3) is 0 Å². The molecule has 0 aliphatic heterocycles. The average molecular weight is 237 g/mol. The van der Waals surface area contributed by atoms with Gasteiger partial charge in [-0.15, -0.1) is 0 Å². The van der Waals surface area contributed by atoms with Gasteiger partial charge in [-0.05, 0) is 26.7 Å². The molecule has 90 valence electrons. The lowest BCUT2D eigenvalue weighted by Crippen LogP contribution is -2.48. The summed E-state index contributed by atoms with van der Waals surface area (Å²) < 4.78 is 11.4. The zero-order valence-electron chi connectivity index (χ0n) is 9.65. The topological polar surface area (TPSA) is 86.6 Å². The molecule has 0 atom stereocenters. The Morgan fingerprint density at radius 2 is 1.73 bits per heavy atom. The van der Waals surface area contributed by atoms with E-state index in [1.165, 1.54) is 0 Å². The lowest BCUT2D eigenvalue weighted by atomic mass is 10.0. The summed E-state index contributed by atoms with van der Waals surface area (Å²) in [4.78, 5) is 30.3. The van der Waals surface area contributed by atoms with Crippen LogP contribution < -0.4 is 5.32 Å². The van der Waals surface area contributed by atoms with Crippen molar-refractivity contribution in [3.05, 3.63) is 0 Å². The van der Waals surface area contributed by atoms with Crippen LogP contribution in [-0.2, 0) is 9.36 Å². The SMILES string of the molecule is CCC(CC)(C(=O)NC(C)C)P(=O)(O)O. The predicted molar refractivity (Wildman–Crippen MR) is 58.6 cm³/mol. The van der Waals surface area contributed by atoms with Gasteiger partial charge in [-0.1, -0.05) is 13.8 Å². The van der Waals surface area contributed by atoms with Crippen LogP contribution in [0.2, 0.25) is 0 Å². The molecule has 0 aliphatic carbocycles. The third-order valence-corrected chi connectivity index (χ3v) is 4.52. The molecule has 0 fully saturated rings. The second kappa shape index (κ2) is 5.10. The number of amides is 1. The van der Waals surface area contributed by atoms with Crippen LogP contribution >= 0.6 is 7.60 Å². The first kappa shape index (κ1) is 14.6. The Morgan fingerprint density at radius 3 is 1.93 bits per heavy atom. The van der Waals surface area contributed by atoms with Crippen molar-refractivity contribution in [2.75, 3.05) is 0 Å². The zero-order chi connectivity index (χ0) is 12.3. The summed E-state index contributed by atoms with van der Waals surface area (Å²) in [5.41, 5.74) is 0. The molecule has 0 radical (unpaired) electrons. The molecule has 0 aromatic carbocycles. The lowest BCUT2D eigenvalue weighted by molar-refractivity contribution is -0.124. The van der Waals surface area contributed by atoms with Crippen LogP contribution in [-0.4, -0.2) is 26.9 Å². The molecule has 0 aromatic rings. The lowest BCUT2D eigenvalue weighted by Gasteiger charge is -2.31. The molecule has 0 heterocycles. The van der Waals surface area contributed by atoms with E-state index in [1.807, 2.05) is 0 Å². The van der Waals surface area contributed by atoms with E-state index in [4.69, 9.17) is 0 Å². The van der Waals surface area contributed by atoms with Crippen molar-refractivity contribution < 1.29 is 19.1 Å². The highest BCUT2D eigenvalue weighted by Gasteiger charge is 2.50. The highest BCUT2D eigenvalue weighted by atomic mass is 31.2. The third-order valence-electron chi connectivity index (χ3n) is 2.57. The Hall–Kier alpha value is -0.380. The minimum absolute atomic E-state index is 0.124. The first-order valence-corrected chi connectivity index (χ1v) is 6.69. The van der Waals surface area contributed by atoms with Crippen molar-refractivity contribution in [2.24, 2.45) is 0 Å². The number of carbonyl (C=O) groups is 1. The van der Waals surface area contributed by atoms with E-state index in [0.717, 1.165) is 0 Å². The van der Waals surface area contributed by atoms with Crippen LogP contribution in [0.15, 0.2) is 0 Å². The Labute approximate surface area is 90.4 Å². The third kappa shape index (κ3) is 3.03. The largest absolute Gasteiger partial charge is 0.353 e. The van der Waals surface area contributed by atoms with Gasteiger partial charge in [-0.2, -0.15) is 0 Å². The van der Waals surface area contributed by atoms with Crippen LogP contribution in [0.1, 0.15) is 40.5 Å². The summed E-state index contributed by atoms with van der Waals surface area (Å²) in [7, 11) is -4.43. The summed E-state index contributed by atoms with van der Waals surface area (Å²) in [5, 5.41) is 0.989. The summed E-state index contributed by atoms with van der Waals surface area (Å²) >= 11 is 0. The number of rotatable bonds is 5. The number of carbonyl (C=O) groups excluding carboxylic acids is 1. The van der Waals surface area contributed by atoms with Crippen molar-refractivity contribution in [3.8, 4) is 0 Å². The summed E-state index contributed by atoms with van der Waals surface area (Å²) in [6.07, 6.45) is 0.263. The van der Waals surface area contributed by atoms with E-state index < -0.39 is 18.7 Å². The van der Waals surface area contributed by atoms with Crippen molar-refractivity contribution in [1.82, 2.24) is 5.32 Å². The molecule has 0 unspecified atom stereocenters. The van der Waals surface area contributed by atoms with Gasteiger partial charge in [0.2, 0.25) is 5.91 Å². The number of nitrogens with one attached hydrogen (secondary N) is 1. The predicted octanol–water partition coefficient (Wildman–Crippen LogP) is 1.25. The molecular weight excluding hydrogens is 217 g/mol. The molecule has 0 aromatic heterocycles. The number of hydrogen-bond donors (Lipinski definition) is 3. The minimum Gasteiger partial charge on any atom is -0.353 e. The second-order valence-electron chi connectivity index (χ2n) is 3.91. The molecule has 0 spiro atoms. The van der Waals surface area contributed by atoms with Crippen molar-refractivity contribution in [1.29, 1.82) is 0 Å². The molecule has 0 aliphatic rings. The molecule has 3 N–H and O–H groups in total. The molecule has 1 amide bonds. The zero-order valence-corrected chi connectivity index (χ0v) is 10.5. The van der Waals surface area contributed by atoms with E-state index in [9.17, 15) is 19.1 Å². The highest BCUT2D eigenvalue weighted by molar-refractivity contribution is 7.54. The van der Waals surface area contributed by atoms with Crippen LogP contribution in [0.3, 0.4) is 0 Å². The number of hydrogen-bond acceptors (Lipinski definition) is 2. The van der Waals surface area contributed by atoms with Gasteiger partial charge in [-0.25, -0.2) is 0 Å². The van der Waals surface area contributed by atoms with Gasteiger partial charge in [0.05, 0.1) is 0 Å². The summed E-state index contributed by atoms with van der Waals surface area (Å²) in [6.45, 7) is 6.74. The first-order chi connectivity index (χ1) is 6.71. The van der Waals surface area contributed by atoms with Gasteiger partial charge in [0, 0.05) is 6.04 Å². The van der Waals surface area contributed by atoms with Crippen LogP contribution in [0.5, 0.6) is 0 Å². The maximum Gasteiger partial charge on any atom is 0.340 e. The van der Waals surface area contributed by atoms with E-state index in [-0.39, 0.29) is 18.9 Å². The Bertz CT molecular complexity index is 267. The molecule has 5 nitrogen and oxygen atoms in total.